The standard InChI is InChI=1S/C14H19N3O3/c1-9(18)17(13(15)16)14(2)7-6-10-8-11(19-3)4-5-12(10)20-14/h4-5,8H,6-7H2,1-3H3,(H3,15,16). The number of ether oxygens (including phenoxy) is 2. The summed E-state index contributed by atoms with van der Waals surface area (Å²) in [6.45, 7) is 3.14. The Morgan fingerprint density at radius 1 is 1.55 bits per heavy atom. The van der Waals surface area contributed by atoms with Crippen molar-refractivity contribution in [1.29, 1.82) is 5.41 Å². The number of amides is 1. The molecule has 1 aliphatic rings. The summed E-state index contributed by atoms with van der Waals surface area (Å²) in [5.74, 6) is 0.840. The van der Waals surface area contributed by atoms with Gasteiger partial charge in [0.2, 0.25) is 5.91 Å². The lowest BCUT2D eigenvalue weighted by molar-refractivity contribution is -0.140. The van der Waals surface area contributed by atoms with Gasteiger partial charge in [-0.05, 0) is 37.1 Å². The summed E-state index contributed by atoms with van der Waals surface area (Å²) in [6.07, 6.45) is 1.28. The molecule has 1 aliphatic heterocycles. The zero-order valence-corrected chi connectivity index (χ0v) is 11.9. The second-order valence-corrected chi connectivity index (χ2v) is 4.99. The lowest BCUT2D eigenvalue weighted by Gasteiger charge is -2.42. The van der Waals surface area contributed by atoms with Crippen molar-refractivity contribution in [2.45, 2.75) is 32.4 Å². The van der Waals surface area contributed by atoms with E-state index in [-0.39, 0.29) is 11.9 Å². The minimum Gasteiger partial charge on any atom is -0.497 e. The molecule has 1 amide bonds. The first-order chi connectivity index (χ1) is 9.37. The maximum absolute atomic E-state index is 11.7. The first kappa shape index (κ1) is 14.2. The van der Waals surface area contributed by atoms with Crippen LogP contribution in [-0.2, 0) is 11.2 Å². The van der Waals surface area contributed by atoms with Crippen molar-refractivity contribution in [3.63, 3.8) is 0 Å². The number of hydrogen-bond acceptors (Lipinski definition) is 4. The van der Waals surface area contributed by atoms with E-state index in [2.05, 4.69) is 0 Å². The molecule has 1 aromatic rings. The molecular formula is C14H19N3O3. The van der Waals surface area contributed by atoms with Gasteiger partial charge in [-0.1, -0.05) is 0 Å². The van der Waals surface area contributed by atoms with E-state index in [0.717, 1.165) is 17.7 Å². The van der Waals surface area contributed by atoms with Crippen LogP contribution >= 0.6 is 0 Å². The zero-order valence-electron chi connectivity index (χ0n) is 11.9. The van der Waals surface area contributed by atoms with Crippen LogP contribution in [0, 0.1) is 5.41 Å². The van der Waals surface area contributed by atoms with Crippen molar-refractivity contribution in [2.75, 3.05) is 7.11 Å². The molecule has 20 heavy (non-hydrogen) atoms. The van der Waals surface area contributed by atoms with Crippen LogP contribution in [0.4, 0.5) is 0 Å². The Bertz CT molecular complexity index is 545. The maximum Gasteiger partial charge on any atom is 0.229 e. The first-order valence-electron chi connectivity index (χ1n) is 6.38. The van der Waals surface area contributed by atoms with E-state index in [1.165, 1.54) is 11.8 Å². The van der Waals surface area contributed by atoms with Crippen molar-refractivity contribution < 1.29 is 14.3 Å². The third-order valence-electron chi connectivity index (χ3n) is 3.48. The van der Waals surface area contributed by atoms with Crippen molar-refractivity contribution in [1.82, 2.24) is 4.90 Å². The number of rotatable bonds is 2. The second-order valence-electron chi connectivity index (χ2n) is 4.99. The topological polar surface area (TPSA) is 88.6 Å². The van der Waals surface area contributed by atoms with Gasteiger partial charge in [0.1, 0.15) is 11.5 Å². The molecule has 3 N–H and O–H groups in total. The monoisotopic (exact) mass is 277 g/mol. The summed E-state index contributed by atoms with van der Waals surface area (Å²) in [5.41, 5.74) is 5.60. The van der Waals surface area contributed by atoms with Crippen LogP contribution in [0.2, 0.25) is 0 Å². The van der Waals surface area contributed by atoms with E-state index in [4.69, 9.17) is 20.6 Å². The van der Waals surface area contributed by atoms with Gasteiger partial charge >= 0.3 is 0 Å². The number of carbonyl (C=O) groups excluding carboxylic acids is 1. The fourth-order valence-electron chi connectivity index (χ4n) is 2.55. The number of hydrogen-bond donors (Lipinski definition) is 2. The molecule has 0 fully saturated rings. The highest BCUT2D eigenvalue weighted by atomic mass is 16.5. The van der Waals surface area contributed by atoms with E-state index in [1.54, 1.807) is 20.1 Å². The normalized spacial score (nSPS) is 20.6. The first-order valence-corrected chi connectivity index (χ1v) is 6.38. The quantitative estimate of drug-likeness (QED) is 0.633. The van der Waals surface area contributed by atoms with Crippen LogP contribution in [0.5, 0.6) is 11.5 Å². The Labute approximate surface area is 118 Å². The molecule has 1 heterocycles. The number of aryl methyl sites for hydroxylation is 1. The third-order valence-corrected chi connectivity index (χ3v) is 3.48. The van der Waals surface area contributed by atoms with Gasteiger partial charge in [0.05, 0.1) is 7.11 Å². The smallest absolute Gasteiger partial charge is 0.229 e. The molecule has 6 nitrogen and oxygen atoms in total. The number of nitrogens with two attached hydrogens (primary N) is 1. The minimum absolute atomic E-state index is 0.308. The zero-order chi connectivity index (χ0) is 14.9. The molecule has 2 rings (SSSR count). The molecule has 6 heteroatoms. The van der Waals surface area contributed by atoms with Crippen molar-refractivity contribution in [3.05, 3.63) is 23.8 Å². The molecule has 0 saturated heterocycles. The number of benzene rings is 1. The van der Waals surface area contributed by atoms with Gasteiger partial charge in [0.25, 0.3) is 0 Å². The predicted octanol–water partition coefficient (Wildman–Crippen LogP) is 1.48. The van der Waals surface area contributed by atoms with Crippen LogP contribution in [0.1, 0.15) is 25.8 Å². The highest BCUT2D eigenvalue weighted by molar-refractivity contribution is 5.94. The Kier molecular flexibility index (Phi) is 3.57. The highest BCUT2D eigenvalue weighted by Crippen LogP contribution is 2.37. The van der Waals surface area contributed by atoms with E-state index >= 15 is 0 Å². The molecule has 0 radical (unpaired) electrons. The van der Waals surface area contributed by atoms with Gasteiger partial charge in [0, 0.05) is 13.3 Å². The SMILES string of the molecule is COc1ccc2c(c1)CCC(C)(N(C(=N)N)C(C)=O)O2. The van der Waals surface area contributed by atoms with E-state index in [0.29, 0.717) is 12.2 Å². The number of methoxy groups -OCH3 is 1. The Morgan fingerprint density at radius 2 is 2.25 bits per heavy atom. The van der Waals surface area contributed by atoms with E-state index in [1.807, 2.05) is 12.1 Å². The third kappa shape index (κ3) is 2.41. The largest absolute Gasteiger partial charge is 0.497 e. The fourth-order valence-corrected chi connectivity index (χ4v) is 2.55. The Morgan fingerprint density at radius 3 is 2.80 bits per heavy atom. The van der Waals surface area contributed by atoms with Crippen LogP contribution in [0.3, 0.4) is 0 Å². The number of guanidine groups is 1. The molecule has 0 spiro atoms. The average Bonchev–Trinajstić information content (AvgIpc) is 2.36. The molecular weight excluding hydrogens is 258 g/mol. The van der Waals surface area contributed by atoms with Crippen LogP contribution in [0.15, 0.2) is 18.2 Å². The van der Waals surface area contributed by atoms with Gasteiger partial charge in [-0.15, -0.1) is 0 Å². The number of nitrogens with zero attached hydrogens (tertiary/aromatic N) is 1. The summed E-state index contributed by atoms with van der Waals surface area (Å²) in [7, 11) is 1.61. The van der Waals surface area contributed by atoms with Gasteiger partial charge in [-0.3, -0.25) is 10.2 Å². The second kappa shape index (κ2) is 5.03. The molecule has 1 aromatic carbocycles. The van der Waals surface area contributed by atoms with Crippen LogP contribution < -0.4 is 15.2 Å². The molecule has 0 saturated carbocycles. The number of nitrogens with one attached hydrogen (secondary N) is 1. The van der Waals surface area contributed by atoms with Gasteiger partial charge in [-0.2, -0.15) is 0 Å². The van der Waals surface area contributed by atoms with Crippen LogP contribution in [0.25, 0.3) is 0 Å². The number of carbonyl (C=O) groups is 1. The summed E-state index contributed by atoms with van der Waals surface area (Å²) >= 11 is 0. The van der Waals surface area contributed by atoms with Gasteiger partial charge in [0.15, 0.2) is 11.7 Å². The summed E-state index contributed by atoms with van der Waals surface area (Å²) in [5, 5.41) is 7.57. The average molecular weight is 277 g/mol. The summed E-state index contributed by atoms with van der Waals surface area (Å²) in [6, 6.07) is 5.53. The van der Waals surface area contributed by atoms with Crippen molar-refractivity contribution in [2.24, 2.45) is 5.73 Å². The molecule has 0 bridgehead atoms. The van der Waals surface area contributed by atoms with E-state index in [9.17, 15) is 4.79 Å². The summed E-state index contributed by atoms with van der Waals surface area (Å²) in [4.78, 5) is 12.9. The van der Waals surface area contributed by atoms with Gasteiger partial charge in [-0.25, -0.2) is 4.90 Å². The van der Waals surface area contributed by atoms with E-state index < -0.39 is 5.72 Å². The lowest BCUT2D eigenvalue weighted by atomic mass is 9.97. The molecule has 0 aromatic heterocycles. The lowest BCUT2D eigenvalue weighted by Crippen LogP contribution is -2.59. The van der Waals surface area contributed by atoms with Gasteiger partial charge < -0.3 is 15.2 Å². The maximum atomic E-state index is 11.7. The molecule has 1 atom stereocenters. The predicted molar refractivity (Wildman–Crippen MR) is 74.8 cm³/mol. The Hall–Kier alpha value is -2.24. The van der Waals surface area contributed by atoms with Crippen LogP contribution in [-0.4, -0.2) is 29.6 Å². The number of fused-ring (bicyclic) bond motifs is 1. The highest BCUT2D eigenvalue weighted by Gasteiger charge is 2.40. The minimum atomic E-state index is -0.931. The van der Waals surface area contributed by atoms with Crippen molar-refractivity contribution in [3.8, 4) is 11.5 Å². The molecule has 0 aliphatic carbocycles. The molecule has 1 unspecified atom stereocenters. The summed E-state index contributed by atoms with van der Waals surface area (Å²) < 4.78 is 11.1. The Balaban J connectivity index is 2.33. The van der Waals surface area contributed by atoms with Crippen molar-refractivity contribution >= 4 is 11.9 Å². The fraction of sp³-hybridized carbons (Fsp3) is 0.429. The molecule has 108 valence electrons.